The molecule has 0 aromatic carbocycles. The molecule has 1 nitrogen and oxygen atoms in total. The van der Waals surface area contributed by atoms with Crippen LogP contribution in [0.5, 0.6) is 0 Å². The molecule has 0 saturated carbocycles. The van der Waals surface area contributed by atoms with Gasteiger partial charge < -0.3 is 0 Å². The molecule has 0 fully saturated rings. The van der Waals surface area contributed by atoms with Gasteiger partial charge in [-0.2, -0.15) is 0 Å². The van der Waals surface area contributed by atoms with E-state index in [1.54, 1.807) is 11.3 Å². The van der Waals surface area contributed by atoms with Crippen LogP contribution < -0.4 is 0 Å². The molecular weight excluding hydrogens is 154 g/mol. The van der Waals surface area contributed by atoms with Gasteiger partial charge in [-0.3, -0.25) is 0 Å². The predicted octanol–water partition coefficient (Wildman–Crippen LogP) is 3.13. The van der Waals surface area contributed by atoms with Gasteiger partial charge in [-0.25, -0.2) is 4.98 Å². The quantitative estimate of drug-likeness (QED) is 0.674. The lowest BCUT2D eigenvalue weighted by atomic mass is 10.3. The summed E-state index contributed by atoms with van der Waals surface area (Å²) in [5.41, 5.74) is 3.06. The number of thiazole rings is 1. The second-order valence-electron chi connectivity index (χ2n) is 2.32. The fraction of sp³-hybridized carbons (Fsp3) is 0.444. The van der Waals surface area contributed by atoms with Crippen LogP contribution in [0.4, 0.5) is 0 Å². The minimum absolute atomic E-state index is 1.08. The first-order valence-corrected chi connectivity index (χ1v) is 4.85. The molecule has 0 bridgehead atoms. The highest BCUT2D eigenvalue weighted by atomic mass is 32.1. The Labute approximate surface area is 71.8 Å². The Morgan fingerprint density at radius 1 is 1.55 bits per heavy atom. The Balaban J connectivity index is 2.76. The molecule has 1 heterocycles. The molecule has 0 N–H and O–H groups in total. The number of rotatable bonds is 3. The summed E-state index contributed by atoms with van der Waals surface area (Å²) in [6.45, 7) is 4.30. The van der Waals surface area contributed by atoms with Crippen LogP contribution in [0, 0.1) is 0 Å². The van der Waals surface area contributed by atoms with Gasteiger partial charge in [0.15, 0.2) is 0 Å². The molecule has 0 amide bonds. The highest BCUT2D eigenvalue weighted by molar-refractivity contribution is 7.09. The highest BCUT2D eigenvalue weighted by Gasteiger charge is 1.97. The van der Waals surface area contributed by atoms with E-state index in [1.165, 1.54) is 4.88 Å². The van der Waals surface area contributed by atoms with Crippen molar-refractivity contribution in [1.29, 1.82) is 0 Å². The third-order valence-corrected chi connectivity index (χ3v) is 2.50. The molecule has 1 rings (SSSR count). The van der Waals surface area contributed by atoms with E-state index in [1.807, 2.05) is 5.51 Å². The van der Waals surface area contributed by atoms with Crippen LogP contribution in [0.1, 0.15) is 30.8 Å². The van der Waals surface area contributed by atoms with Gasteiger partial charge in [0, 0.05) is 4.88 Å². The van der Waals surface area contributed by atoms with Crippen LogP contribution in [0.15, 0.2) is 11.6 Å². The molecule has 0 aliphatic rings. The first-order valence-electron chi connectivity index (χ1n) is 3.97. The van der Waals surface area contributed by atoms with Crippen LogP contribution in [0.25, 0.3) is 6.08 Å². The third kappa shape index (κ3) is 2.15. The molecular formula is C9H13NS. The second kappa shape index (κ2) is 4.29. The lowest BCUT2D eigenvalue weighted by Gasteiger charge is -1.89. The molecule has 0 atom stereocenters. The van der Waals surface area contributed by atoms with Crippen LogP contribution in [-0.4, -0.2) is 4.98 Å². The Morgan fingerprint density at radius 2 is 2.36 bits per heavy atom. The zero-order chi connectivity index (χ0) is 8.10. The molecule has 60 valence electrons. The van der Waals surface area contributed by atoms with Gasteiger partial charge in [0.25, 0.3) is 0 Å². The van der Waals surface area contributed by atoms with Crippen molar-refractivity contribution in [3.05, 3.63) is 22.2 Å². The van der Waals surface area contributed by atoms with Crippen molar-refractivity contribution < 1.29 is 0 Å². The number of aryl methyl sites for hydroxylation is 1. The zero-order valence-corrected chi connectivity index (χ0v) is 7.82. The average molecular weight is 167 g/mol. The van der Waals surface area contributed by atoms with Crippen molar-refractivity contribution in [2.45, 2.75) is 26.7 Å². The van der Waals surface area contributed by atoms with Gasteiger partial charge in [0.1, 0.15) is 0 Å². The standard InChI is InChI=1S/C9H13NS/c1-3-5-6-8-9(4-2)11-7-10-8/h5-7H,3-4H2,1-2H3/b6-5-. The monoisotopic (exact) mass is 167 g/mol. The SMILES string of the molecule is CC/C=C\c1ncsc1CC. The van der Waals surface area contributed by atoms with Crippen molar-refractivity contribution in [2.75, 3.05) is 0 Å². The lowest BCUT2D eigenvalue weighted by molar-refractivity contribution is 1.15. The minimum atomic E-state index is 1.08. The van der Waals surface area contributed by atoms with Gasteiger partial charge in [-0.1, -0.05) is 19.9 Å². The van der Waals surface area contributed by atoms with Crippen LogP contribution in [0.2, 0.25) is 0 Å². The van der Waals surface area contributed by atoms with E-state index < -0.39 is 0 Å². The van der Waals surface area contributed by atoms with Crippen LogP contribution >= 0.6 is 11.3 Å². The first kappa shape index (κ1) is 8.47. The summed E-state index contributed by atoms with van der Waals surface area (Å²) in [5.74, 6) is 0. The van der Waals surface area contributed by atoms with Crippen molar-refractivity contribution in [1.82, 2.24) is 4.98 Å². The summed E-state index contributed by atoms with van der Waals surface area (Å²) >= 11 is 1.74. The van der Waals surface area contributed by atoms with E-state index in [0.717, 1.165) is 18.5 Å². The predicted molar refractivity (Wildman–Crippen MR) is 50.8 cm³/mol. The number of hydrogen-bond donors (Lipinski definition) is 0. The molecule has 0 aliphatic carbocycles. The molecule has 1 aromatic rings. The maximum atomic E-state index is 4.26. The zero-order valence-electron chi connectivity index (χ0n) is 7.00. The Bertz CT molecular complexity index is 237. The minimum Gasteiger partial charge on any atom is -0.245 e. The number of aromatic nitrogens is 1. The van der Waals surface area contributed by atoms with E-state index in [0.29, 0.717) is 0 Å². The Morgan fingerprint density at radius 3 is 3.00 bits per heavy atom. The van der Waals surface area contributed by atoms with Crippen LogP contribution in [0.3, 0.4) is 0 Å². The van der Waals surface area contributed by atoms with Gasteiger partial charge in [0.2, 0.25) is 0 Å². The van der Waals surface area contributed by atoms with Crippen molar-refractivity contribution in [2.24, 2.45) is 0 Å². The second-order valence-corrected chi connectivity index (χ2v) is 3.26. The summed E-state index contributed by atoms with van der Waals surface area (Å²) in [6.07, 6.45) is 6.43. The highest BCUT2D eigenvalue weighted by Crippen LogP contribution is 2.15. The third-order valence-electron chi connectivity index (χ3n) is 1.50. The normalized spacial score (nSPS) is 11.1. The number of allylic oxidation sites excluding steroid dienone is 1. The summed E-state index contributed by atoms with van der Waals surface area (Å²) in [7, 11) is 0. The summed E-state index contributed by atoms with van der Waals surface area (Å²) in [4.78, 5) is 5.64. The summed E-state index contributed by atoms with van der Waals surface area (Å²) in [6, 6.07) is 0. The van der Waals surface area contributed by atoms with Crippen LogP contribution in [-0.2, 0) is 6.42 Å². The molecule has 0 radical (unpaired) electrons. The molecule has 2 heteroatoms. The van der Waals surface area contributed by atoms with E-state index >= 15 is 0 Å². The molecule has 0 unspecified atom stereocenters. The van der Waals surface area contributed by atoms with Crippen molar-refractivity contribution in [3.8, 4) is 0 Å². The summed E-state index contributed by atoms with van der Waals surface area (Å²) in [5, 5.41) is 0. The van der Waals surface area contributed by atoms with Gasteiger partial charge in [0.05, 0.1) is 11.2 Å². The van der Waals surface area contributed by atoms with E-state index in [9.17, 15) is 0 Å². The van der Waals surface area contributed by atoms with Gasteiger partial charge in [-0.05, 0) is 18.9 Å². The molecule has 0 saturated heterocycles. The number of hydrogen-bond acceptors (Lipinski definition) is 2. The number of nitrogens with zero attached hydrogens (tertiary/aromatic N) is 1. The fourth-order valence-electron chi connectivity index (χ4n) is 0.909. The van der Waals surface area contributed by atoms with Crippen molar-refractivity contribution >= 4 is 17.4 Å². The van der Waals surface area contributed by atoms with Crippen molar-refractivity contribution in [3.63, 3.8) is 0 Å². The summed E-state index contributed by atoms with van der Waals surface area (Å²) < 4.78 is 0. The fourth-order valence-corrected chi connectivity index (χ4v) is 1.61. The molecule has 1 aromatic heterocycles. The largest absolute Gasteiger partial charge is 0.245 e. The smallest absolute Gasteiger partial charge is 0.0801 e. The molecule has 11 heavy (non-hydrogen) atoms. The lowest BCUT2D eigenvalue weighted by Crippen LogP contribution is -1.78. The molecule has 0 spiro atoms. The Hall–Kier alpha value is -0.630. The molecule has 0 aliphatic heterocycles. The average Bonchev–Trinajstić information content (AvgIpc) is 2.47. The van der Waals surface area contributed by atoms with Gasteiger partial charge >= 0.3 is 0 Å². The Kier molecular flexibility index (Phi) is 3.30. The van der Waals surface area contributed by atoms with Gasteiger partial charge in [-0.15, -0.1) is 11.3 Å². The van der Waals surface area contributed by atoms with E-state index in [2.05, 4.69) is 31.0 Å². The first-order chi connectivity index (χ1) is 5.38. The van der Waals surface area contributed by atoms with E-state index in [4.69, 9.17) is 0 Å². The topological polar surface area (TPSA) is 12.9 Å². The maximum Gasteiger partial charge on any atom is 0.0801 e. The van der Waals surface area contributed by atoms with E-state index in [-0.39, 0.29) is 0 Å². The maximum absolute atomic E-state index is 4.26.